The van der Waals surface area contributed by atoms with Gasteiger partial charge in [-0.3, -0.25) is 9.78 Å². The standard InChI is InChI=1S/C18H17ClN4O3/c1-2-18(25,13-4-3-5-14(19)10-13)17(24)21-11-15-22-16(23-26-15)12-6-8-20-9-7-12/h3-10,25H,2,11H2,1H3,(H,21,24). The summed E-state index contributed by atoms with van der Waals surface area (Å²) in [7, 11) is 0. The van der Waals surface area contributed by atoms with Gasteiger partial charge in [-0.1, -0.05) is 35.8 Å². The predicted octanol–water partition coefficient (Wildman–Crippen LogP) is 2.70. The first-order valence-corrected chi connectivity index (χ1v) is 8.40. The highest BCUT2D eigenvalue weighted by Crippen LogP contribution is 2.27. The molecule has 0 saturated carbocycles. The molecular formula is C18H17ClN4O3. The monoisotopic (exact) mass is 372 g/mol. The van der Waals surface area contributed by atoms with Gasteiger partial charge in [0, 0.05) is 23.0 Å². The first kappa shape index (κ1) is 18.0. The zero-order valence-corrected chi connectivity index (χ0v) is 14.8. The molecule has 3 aromatic rings. The lowest BCUT2D eigenvalue weighted by atomic mass is 9.90. The lowest BCUT2D eigenvalue weighted by molar-refractivity contribution is -0.141. The molecule has 134 valence electrons. The average molecular weight is 373 g/mol. The number of carbonyl (C=O) groups is 1. The van der Waals surface area contributed by atoms with Crippen LogP contribution in [0, 0.1) is 0 Å². The molecule has 0 bridgehead atoms. The third-order valence-corrected chi connectivity index (χ3v) is 4.23. The number of hydrogen-bond donors (Lipinski definition) is 2. The second-order valence-electron chi connectivity index (χ2n) is 5.65. The molecule has 0 fully saturated rings. The highest BCUT2D eigenvalue weighted by molar-refractivity contribution is 6.30. The Labute approximate surface area is 155 Å². The van der Waals surface area contributed by atoms with Crippen molar-refractivity contribution in [3.05, 3.63) is 65.3 Å². The summed E-state index contributed by atoms with van der Waals surface area (Å²) < 4.78 is 5.14. The quantitative estimate of drug-likeness (QED) is 0.689. The molecule has 0 aliphatic heterocycles. The van der Waals surface area contributed by atoms with Crippen LogP contribution in [0.2, 0.25) is 5.02 Å². The molecule has 1 amide bonds. The zero-order valence-electron chi connectivity index (χ0n) is 14.0. The number of aromatic nitrogens is 3. The fourth-order valence-electron chi connectivity index (χ4n) is 2.49. The van der Waals surface area contributed by atoms with Crippen LogP contribution in [0.15, 0.2) is 53.3 Å². The van der Waals surface area contributed by atoms with Crippen molar-refractivity contribution in [3.8, 4) is 11.4 Å². The number of pyridine rings is 1. The third kappa shape index (κ3) is 3.74. The Morgan fingerprint density at radius 2 is 2.08 bits per heavy atom. The van der Waals surface area contributed by atoms with Gasteiger partial charge in [0.1, 0.15) is 0 Å². The number of amides is 1. The minimum atomic E-state index is -1.70. The first-order valence-electron chi connectivity index (χ1n) is 8.02. The number of halogens is 1. The van der Waals surface area contributed by atoms with E-state index in [1.807, 2.05) is 0 Å². The van der Waals surface area contributed by atoms with Gasteiger partial charge in [-0.25, -0.2) is 0 Å². The van der Waals surface area contributed by atoms with E-state index in [2.05, 4.69) is 20.4 Å². The van der Waals surface area contributed by atoms with Gasteiger partial charge in [0.05, 0.1) is 6.54 Å². The lowest BCUT2D eigenvalue weighted by Gasteiger charge is -2.26. The Bertz CT molecular complexity index is 900. The molecule has 26 heavy (non-hydrogen) atoms. The Morgan fingerprint density at radius 3 is 2.77 bits per heavy atom. The molecule has 0 aliphatic rings. The molecule has 0 saturated heterocycles. The van der Waals surface area contributed by atoms with Crippen molar-refractivity contribution in [2.75, 3.05) is 0 Å². The van der Waals surface area contributed by atoms with Crippen LogP contribution in [0.4, 0.5) is 0 Å². The van der Waals surface area contributed by atoms with E-state index in [9.17, 15) is 9.90 Å². The minimum Gasteiger partial charge on any atom is -0.375 e. The summed E-state index contributed by atoms with van der Waals surface area (Å²) >= 11 is 5.97. The van der Waals surface area contributed by atoms with Crippen molar-refractivity contribution in [1.82, 2.24) is 20.4 Å². The molecule has 1 atom stereocenters. The van der Waals surface area contributed by atoms with Crippen LogP contribution in [0.3, 0.4) is 0 Å². The van der Waals surface area contributed by atoms with Crippen LogP contribution in [-0.4, -0.2) is 26.1 Å². The smallest absolute Gasteiger partial charge is 0.257 e. The molecule has 1 unspecified atom stereocenters. The molecule has 1 aromatic carbocycles. The van der Waals surface area contributed by atoms with Crippen molar-refractivity contribution < 1.29 is 14.4 Å². The summed E-state index contributed by atoms with van der Waals surface area (Å²) in [6.45, 7) is 1.72. The molecule has 7 nitrogen and oxygen atoms in total. The summed E-state index contributed by atoms with van der Waals surface area (Å²) in [5.74, 6) is 0.0675. The van der Waals surface area contributed by atoms with Gasteiger partial charge >= 0.3 is 0 Å². The Balaban J connectivity index is 1.71. The van der Waals surface area contributed by atoms with Gasteiger partial charge in [-0.2, -0.15) is 4.98 Å². The van der Waals surface area contributed by atoms with Gasteiger partial charge in [0.25, 0.3) is 5.91 Å². The fourth-order valence-corrected chi connectivity index (χ4v) is 2.68. The number of rotatable bonds is 6. The summed E-state index contributed by atoms with van der Waals surface area (Å²) in [5, 5.41) is 17.8. The maximum Gasteiger partial charge on any atom is 0.257 e. The van der Waals surface area contributed by atoms with E-state index in [-0.39, 0.29) is 18.9 Å². The third-order valence-electron chi connectivity index (χ3n) is 4.00. The average Bonchev–Trinajstić information content (AvgIpc) is 3.15. The number of hydrogen-bond acceptors (Lipinski definition) is 6. The number of benzene rings is 1. The van der Waals surface area contributed by atoms with E-state index in [0.717, 1.165) is 5.56 Å². The van der Waals surface area contributed by atoms with E-state index in [1.165, 1.54) is 0 Å². The summed E-state index contributed by atoms with van der Waals surface area (Å²) in [5.41, 5.74) is -0.517. The molecule has 0 aliphatic carbocycles. The van der Waals surface area contributed by atoms with Gasteiger partial charge in [0.2, 0.25) is 11.7 Å². The van der Waals surface area contributed by atoms with Crippen LogP contribution in [0.1, 0.15) is 24.8 Å². The Kier molecular flexibility index (Phi) is 5.29. The van der Waals surface area contributed by atoms with Crippen LogP contribution >= 0.6 is 11.6 Å². The normalized spacial score (nSPS) is 13.2. The van der Waals surface area contributed by atoms with Crippen molar-refractivity contribution >= 4 is 17.5 Å². The van der Waals surface area contributed by atoms with Crippen molar-refractivity contribution in [2.24, 2.45) is 0 Å². The highest BCUT2D eigenvalue weighted by Gasteiger charge is 2.36. The van der Waals surface area contributed by atoms with Gasteiger partial charge < -0.3 is 14.9 Å². The topological polar surface area (TPSA) is 101 Å². The highest BCUT2D eigenvalue weighted by atomic mass is 35.5. The lowest BCUT2D eigenvalue weighted by Crippen LogP contribution is -2.43. The van der Waals surface area contributed by atoms with Crippen LogP contribution < -0.4 is 5.32 Å². The van der Waals surface area contributed by atoms with E-state index in [4.69, 9.17) is 16.1 Å². The second-order valence-corrected chi connectivity index (χ2v) is 6.09. The molecule has 0 spiro atoms. The van der Waals surface area contributed by atoms with E-state index in [1.54, 1.807) is 55.7 Å². The second kappa shape index (κ2) is 7.63. The number of aliphatic hydroxyl groups is 1. The van der Waals surface area contributed by atoms with Crippen LogP contribution in [0.25, 0.3) is 11.4 Å². The Hall–Kier alpha value is -2.77. The SMILES string of the molecule is CCC(O)(C(=O)NCc1nc(-c2ccncc2)no1)c1cccc(Cl)c1. The first-order chi connectivity index (χ1) is 12.5. The molecule has 2 heterocycles. The van der Waals surface area contributed by atoms with Crippen molar-refractivity contribution in [3.63, 3.8) is 0 Å². The summed E-state index contributed by atoms with van der Waals surface area (Å²) in [4.78, 5) is 20.7. The number of carbonyl (C=O) groups excluding carboxylic acids is 1. The predicted molar refractivity (Wildman–Crippen MR) is 95.0 cm³/mol. The van der Waals surface area contributed by atoms with Gasteiger partial charge in [-0.15, -0.1) is 0 Å². The van der Waals surface area contributed by atoms with E-state index < -0.39 is 11.5 Å². The molecule has 2 aromatic heterocycles. The van der Waals surface area contributed by atoms with Gasteiger partial charge in [-0.05, 0) is 36.2 Å². The molecule has 8 heteroatoms. The van der Waals surface area contributed by atoms with Crippen LogP contribution in [-0.2, 0) is 16.9 Å². The number of nitrogens with zero attached hydrogens (tertiary/aromatic N) is 3. The zero-order chi connectivity index (χ0) is 18.6. The van der Waals surface area contributed by atoms with E-state index >= 15 is 0 Å². The molecule has 2 N–H and O–H groups in total. The van der Waals surface area contributed by atoms with Crippen molar-refractivity contribution in [2.45, 2.75) is 25.5 Å². The molecule has 0 radical (unpaired) electrons. The fraction of sp³-hybridized carbons (Fsp3) is 0.222. The maximum absolute atomic E-state index is 12.6. The van der Waals surface area contributed by atoms with Crippen LogP contribution in [0.5, 0.6) is 0 Å². The molecule has 3 rings (SSSR count). The summed E-state index contributed by atoms with van der Waals surface area (Å²) in [6.07, 6.45) is 3.43. The van der Waals surface area contributed by atoms with Gasteiger partial charge in [0.15, 0.2) is 5.60 Å². The largest absolute Gasteiger partial charge is 0.375 e. The molecular weight excluding hydrogens is 356 g/mol. The maximum atomic E-state index is 12.6. The minimum absolute atomic E-state index is 0.000206. The van der Waals surface area contributed by atoms with E-state index in [0.29, 0.717) is 16.4 Å². The van der Waals surface area contributed by atoms with Crippen molar-refractivity contribution in [1.29, 1.82) is 0 Å². The number of nitrogens with one attached hydrogen (secondary N) is 1. The Morgan fingerprint density at radius 1 is 1.31 bits per heavy atom. The summed E-state index contributed by atoms with van der Waals surface area (Å²) in [6, 6.07) is 10.1.